The molecule has 3 fully saturated rings. The van der Waals surface area contributed by atoms with E-state index in [2.05, 4.69) is 16.0 Å². The first-order chi connectivity index (χ1) is 51.0. The van der Waals surface area contributed by atoms with Crippen LogP contribution in [-0.4, -0.2) is 95.3 Å². The van der Waals surface area contributed by atoms with Gasteiger partial charge in [-0.3, -0.25) is 14.4 Å². The largest absolute Gasteiger partial charge is 0.481 e. The van der Waals surface area contributed by atoms with Crippen molar-refractivity contribution in [2.45, 2.75) is 96.5 Å². The number of rotatable bonds is 14. The van der Waals surface area contributed by atoms with E-state index < -0.39 is 76.4 Å². The number of halogens is 9. The Kier molecular flexibility index (Phi) is 27.7. The molecule has 6 atom stereocenters. The Morgan fingerprint density at radius 3 is 1.07 bits per heavy atom. The lowest BCUT2D eigenvalue weighted by Gasteiger charge is -2.24. The topological polar surface area (TPSA) is 220 Å². The number of aliphatic carboxylic acids is 1. The molecule has 0 bridgehead atoms. The van der Waals surface area contributed by atoms with Gasteiger partial charge in [0.1, 0.15) is 45.7 Å². The zero-order valence-electron chi connectivity index (χ0n) is 59.6. The second-order valence-electron chi connectivity index (χ2n) is 27.6. The highest BCUT2D eigenvalue weighted by atomic mass is 19.4. The van der Waals surface area contributed by atoms with Crippen LogP contribution >= 0.6 is 0 Å². The van der Waals surface area contributed by atoms with Gasteiger partial charge in [-0.15, -0.1) is 0 Å². The predicted molar refractivity (Wildman–Crippen MR) is 396 cm³/mol. The maximum Gasteiger partial charge on any atom is 0.416 e. The summed E-state index contributed by atoms with van der Waals surface area (Å²) in [4.78, 5) is 65.7. The third-order valence-corrected chi connectivity index (χ3v) is 17.1. The van der Waals surface area contributed by atoms with Gasteiger partial charge in [0.05, 0.1) is 34.4 Å². The molecule has 6 N–H and O–H groups in total. The lowest BCUT2D eigenvalue weighted by molar-refractivity contribution is -0.142. The number of carbonyl (C=O) groups excluding carboxylic acids is 4. The van der Waals surface area contributed by atoms with Crippen LogP contribution in [0.4, 0.5) is 66.2 Å². The number of likely N-dealkylation sites (tertiary alicyclic amines) is 2. The van der Waals surface area contributed by atoms with Gasteiger partial charge in [0.15, 0.2) is 0 Å². The van der Waals surface area contributed by atoms with E-state index >= 15 is 0 Å². The normalized spacial score (nSPS) is 17.6. The van der Waals surface area contributed by atoms with Crippen molar-refractivity contribution in [1.82, 2.24) is 15.1 Å². The van der Waals surface area contributed by atoms with Crippen molar-refractivity contribution in [3.05, 3.63) is 270 Å². The molecule has 4 amide bonds. The molecule has 109 heavy (non-hydrogen) atoms. The molecule has 0 saturated carbocycles. The Morgan fingerprint density at radius 2 is 0.725 bits per heavy atom. The van der Waals surface area contributed by atoms with Gasteiger partial charge in [0.2, 0.25) is 11.8 Å². The number of ether oxygens (including phenoxy) is 5. The first-order valence-electron chi connectivity index (χ1n) is 34.3. The number of carbonyl (C=O) groups is 5. The molecule has 0 aromatic heterocycles. The summed E-state index contributed by atoms with van der Waals surface area (Å²) in [7, 11) is 0. The predicted octanol–water partition coefficient (Wildman–Crippen LogP) is 20.0. The molecule has 3 heterocycles. The number of nitrogens with one attached hydrogen (secondary N) is 3. The number of nitrogens with zero attached hydrogens (tertiary/aromatic N) is 2. The second kappa shape index (κ2) is 36.4. The number of hydrogen-bond donors (Lipinski definition) is 5. The summed E-state index contributed by atoms with van der Waals surface area (Å²) >= 11 is 0. The standard InChI is InChI=1S/C29H29F3N2O4.C24H21F3N2O2.C16H21NO4.C13H10F3NO.CH4/c1-28(2,3)38-27(36)34-17-24(19-8-5-4-6-9-19)25(18-34)26(35)33-21-10-7-11-23(16-21)37-22-14-12-20(13-15-22)29(30,31)32;25-24(26,27)17-9-11-19(12-10-17)31-20-8-4-7-18(13-20)29-23(30)22-15-28-14-21(22)16-5-2-1-3-6-16;1-16(2,3)21-15(20)17-9-12(13(10-17)14(18)19)11-7-5-4-6-8-11;14-13(15,16)9-4-6-11(7-5-9)18-12-3-1-2-10(17)8-12;/h4-16,24-25H,17-18H2,1-3H3,(H,33,35);1-13,21-22,28H,14-15H2,(H,29,30);4-8,12-13H,9-10H2,1-3H3,(H,18,19);1-8H,17H2;1H4/t24-,25+;21-,22+;12-,13+;;/m000../s1. The van der Waals surface area contributed by atoms with Gasteiger partial charge < -0.3 is 60.3 Å². The Morgan fingerprint density at radius 1 is 0.394 bits per heavy atom. The van der Waals surface area contributed by atoms with E-state index in [1.54, 1.807) is 119 Å². The third-order valence-electron chi connectivity index (χ3n) is 17.1. The van der Waals surface area contributed by atoms with Gasteiger partial charge in [-0.1, -0.05) is 117 Å². The second-order valence-corrected chi connectivity index (χ2v) is 27.6. The van der Waals surface area contributed by atoms with Crippen molar-refractivity contribution in [2.24, 2.45) is 17.8 Å². The van der Waals surface area contributed by atoms with Crippen molar-refractivity contribution in [3.8, 4) is 34.5 Å². The number of nitrogens with two attached hydrogens (primary N) is 1. The minimum absolute atomic E-state index is 0. The summed E-state index contributed by atoms with van der Waals surface area (Å²) in [6.07, 6.45) is -14.1. The van der Waals surface area contributed by atoms with Gasteiger partial charge in [-0.2, -0.15) is 39.5 Å². The molecule has 3 saturated heterocycles. The molecule has 26 heteroatoms. The van der Waals surface area contributed by atoms with Crippen LogP contribution in [0, 0.1) is 17.8 Å². The quantitative estimate of drug-likeness (QED) is 0.0506. The smallest absolute Gasteiger partial charge is 0.416 e. The van der Waals surface area contributed by atoms with Gasteiger partial charge in [0, 0.05) is 92.3 Å². The minimum Gasteiger partial charge on any atom is -0.481 e. The summed E-state index contributed by atoms with van der Waals surface area (Å²) in [5.74, 6) is -0.813. The molecule has 12 rings (SSSR count). The number of hydrogen-bond acceptors (Lipinski definition) is 12. The lowest BCUT2D eigenvalue weighted by Crippen LogP contribution is -2.36. The highest BCUT2D eigenvalue weighted by molar-refractivity contribution is 5.95. The summed E-state index contributed by atoms with van der Waals surface area (Å²) in [5, 5.41) is 18.5. The van der Waals surface area contributed by atoms with Crippen LogP contribution in [0.5, 0.6) is 34.5 Å². The van der Waals surface area contributed by atoms with E-state index in [4.69, 9.17) is 29.4 Å². The molecule has 3 aliphatic heterocycles. The molecule has 9 aromatic carbocycles. The molecule has 17 nitrogen and oxygen atoms in total. The number of carboxylic acids is 1. The molecule has 3 aliphatic rings. The Labute approximate surface area is 626 Å². The Hall–Kier alpha value is -11.5. The zero-order chi connectivity index (χ0) is 78.1. The third kappa shape index (κ3) is 24.8. The molecule has 0 aliphatic carbocycles. The fourth-order valence-corrected chi connectivity index (χ4v) is 12.0. The van der Waals surface area contributed by atoms with Crippen molar-refractivity contribution < 1.29 is 92.3 Å². The number of nitrogen functional groups attached to an aromatic ring is 1. The number of anilines is 3. The first kappa shape index (κ1) is 83.1. The molecule has 0 unspecified atom stereocenters. The summed E-state index contributed by atoms with van der Waals surface area (Å²) < 4.78 is 141. The Balaban J connectivity index is 0.000000190. The van der Waals surface area contributed by atoms with Crippen LogP contribution in [-0.2, 0) is 42.4 Å². The van der Waals surface area contributed by atoms with Crippen LogP contribution < -0.4 is 35.9 Å². The number of alkyl halides is 9. The van der Waals surface area contributed by atoms with Gasteiger partial charge >= 0.3 is 36.7 Å². The molecule has 9 aromatic rings. The molecule has 0 radical (unpaired) electrons. The van der Waals surface area contributed by atoms with Gasteiger partial charge in [-0.25, -0.2) is 9.59 Å². The molecule has 576 valence electrons. The number of benzene rings is 9. The zero-order valence-corrected chi connectivity index (χ0v) is 59.6. The van der Waals surface area contributed by atoms with E-state index in [9.17, 15) is 68.6 Å². The van der Waals surface area contributed by atoms with Crippen molar-refractivity contribution in [3.63, 3.8) is 0 Å². The lowest BCUT2D eigenvalue weighted by atomic mass is 9.88. The van der Waals surface area contributed by atoms with Crippen LogP contribution in [0.1, 0.15) is 100 Å². The summed E-state index contributed by atoms with van der Waals surface area (Å²) in [6, 6.07) is 62.3. The molecular formula is C83H85F9N6O11. The van der Waals surface area contributed by atoms with Crippen LogP contribution in [0.2, 0.25) is 0 Å². The maximum atomic E-state index is 13.4. The maximum absolute atomic E-state index is 13.4. The van der Waals surface area contributed by atoms with Gasteiger partial charge in [0.25, 0.3) is 0 Å². The van der Waals surface area contributed by atoms with Crippen molar-refractivity contribution in [2.75, 3.05) is 55.6 Å². The average molecular weight is 1510 g/mol. The summed E-state index contributed by atoms with van der Waals surface area (Å²) in [5.41, 5.74) is 6.66. The first-order valence-corrected chi connectivity index (χ1v) is 34.3. The SMILES string of the molecule is C.CC(C)(C)OC(=O)N1C[C@@H](C(=O)Nc2cccc(Oc3ccc(C(F)(F)F)cc3)c2)[C@H](c2ccccc2)C1.CC(C)(C)OC(=O)N1C[C@@H](C(=O)O)[C@H](c2ccccc2)C1.Nc1cccc(Oc2ccc(C(F)(F)F)cc2)c1.O=C(Nc1cccc(Oc2ccc(C(F)(F)F)cc2)c1)[C@@H]1CNC[C@H]1c1ccccc1. The number of carboxylic acid groups (broad SMARTS) is 1. The average Bonchev–Trinajstić information content (AvgIpc) is 1.67. The van der Waals surface area contributed by atoms with E-state index in [1.807, 2.05) is 91.0 Å². The van der Waals surface area contributed by atoms with E-state index in [-0.39, 0.29) is 67.5 Å². The van der Waals surface area contributed by atoms with Crippen LogP contribution in [0.25, 0.3) is 0 Å². The monoisotopic (exact) mass is 1510 g/mol. The van der Waals surface area contributed by atoms with Gasteiger partial charge in [-0.05, 0) is 167 Å². The van der Waals surface area contributed by atoms with Crippen molar-refractivity contribution >= 4 is 47.0 Å². The van der Waals surface area contributed by atoms with Crippen LogP contribution in [0.15, 0.2) is 237 Å². The highest BCUT2D eigenvalue weighted by Gasteiger charge is 2.44. The van der Waals surface area contributed by atoms with Crippen molar-refractivity contribution in [1.29, 1.82) is 0 Å². The summed E-state index contributed by atoms with van der Waals surface area (Å²) in [6.45, 7) is 13.2. The Bertz CT molecular complexity index is 4470. The van der Waals surface area contributed by atoms with E-state index in [1.165, 1.54) is 41.3 Å². The fourth-order valence-electron chi connectivity index (χ4n) is 12.0. The van der Waals surface area contributed by atoms with Crippen LogP contribution in [0.3, 0.4) is 0 Å². The van der Waals surface area contributed by atoms with E-state index in [0.29, 0.717) is 59.7 Å². The number of amides is 4. The fraction of sp³-hybridized carbons (Fsp3) is 0.289. The molecule has 0 spiro atoms. The highest BCUT2D eigenvalue weighted by Crippen LogP contribution is 2.40. The van der Waals surface area contributed by atoms with E-state index in [0.717, 1.165) is 59.6 Å². The minimum atomic E-state index is -4.43. The molecular weight excluding hydrogens is 1430 g/mol.